The minimum atomic E-state index is -5.00. The van der Waals surface area contributed by atoms with Crippen LogP contribution in [0.5, 0.6) is 0 Å². The molecule has 0 spiro atoms. The standard InChI is InChI=1S/C9H6F6N2O2/c10-8(11,12)4-1-2-5(6(3-4)17(18)19)7(16)9(13,14)15/h1-3,7H,16H2. The molecule has 2 N–H and O–H groups in total. The maximum Gasteiger partial charge on any atom is 0.416 e. The zero-order chi connectivity index (χ0) is 15.0. The summed E-state index contributed by atoms with van der Waals surface area (Å²) in [6.45, 7) is 0. The summed E-state index contributed by atoms with van der Waals surface area (Å²) in [5.74, 6) is 0. The Kier molecular flexibility index (Phi) is 3.75. The highest BCUT2D eigenvalue weighted by Crippen LogP contribution is 2.38. The smallest absolute Gasteiger partial charge is 0.316 e. The van der Waals surface area contributed by atoms with Crippen LogP contribution in [0, 0.1) is 10.1 Å². The molecular formula is C9H6F6N2O2. The summed E-state index contributed by atoms with van der Waals surface area (Å²) in [6.07, 6.45) is -9.89. The first-order valence-corrected chi connectivity index (χ1v) is 4.62. The summed E-state index contributed by atoms with van der Waals surface area (Å²) in [5, 5.41) is 10.5. The van der Waals surface area contributed by atoms with Crippen LogP contribution in [0.15, 0.2) is 18.2 Å². The maximum absolute atomic E-state index is 12.3. The molecule has 1 unspecified atom stereocenters. The minimum Gasteiger partial charge on any atom is -0.316 e. The van der Waals surface area contributed by atoms with Gasteiger partial charge in [0.05, 0.1) is 16.1 Å². The van der Waals surface area contributed by atoms with Crippen molar-refractivity contribution in [3.05, 3.63) is 39.4 Å². The molecule has 0 fully saturated rings. The second-order valence-corrected chi connectivity index (χ2v) is 3.55. The van der Waals surface area contributed by atoms with Gasteiger partial charge < -0.3 is 5.73 Å². The van der Waals surface area contributed by atoms with E-state index in [4.69, 9.17) is 5.73 Å². The summed E-state index contributed by atoms with van der Waals surface area (Å²) >= 11 is 0. The predicted octanol–water partition coefficient (Wildman–Crippen LogP) is 3.18. The fraction of sp³-hybridized carbons (Fsp3) is 0.333. The van der Waals surface area contributed by atoms with Crippen LogP contribution in [0.2, 0.25) is 0 Å². The Balaban J connectivity index is 3.39. The first-order valence-electron chi connectivity index (χ1n) is 4.62. The molecule has 1 aromatic rings. The Morgan fingerprint density at radius 3 is 2.05 bits per heavy atom. The van der Waals surface area contributed by atoms with E-state index < -0.39 is 40.1 Å². The first-order chi connectivity index (χ1) is 8.44. The van der Waals surface area contributed by atoms with Gasteiger partial charge in [-0.1, -0.05) is 0 Å². The van der Waals surface area contributed by atoms with Crippen molar-refractivity contribution in [1.82, 2.24) is 0 Å². The van der Waals surface area contributed by atoms with Gasteiger partial charge in [0, 0.05) is 6.07 Å². The molecule has 1 atom stereocenters. The van der Waals surface area contributed by atoms with Gasteiger partial charge in [0.1, 0.15) is 6.04 Å². The molecule has 10 heteroatoms. The summed E-state index contributed by atoms with van der Waals surface area (Å²) in [7, 11) is 0. The van der Waals surface area contributed by atoms with Crippen molar-refractivity contribution in [3.8, 4) is 0 Å². The van der Waals surface area contributed by atoms with Crippen LogP contribution < -0.4 is 5.73 Å². The van der Waals surface area contributed by atoms with Crippen LogP contribution >= 0.6 is 0 Å². The zero-order valence-corrected chi connectivity index (χ0v) is 8.92. The number of hydrogen-bond acceptors (Lipinski definition) is 3. The number of nitro groups is 1. The second-order valence-electron chi connectivity index (χ2n) is 3.55. The maximum atomic E-state index is 12.3. The summed E-state index contributed by atoms with van der Waals surface area (Å²) in [5.41, 5.74) is 0.997. The Morgan fingerprint density at radius 1 is 1.16 bits per heavy atom. The number of alkyl halides is 6. The van der Waals surface area contributed by atoms with Crippen LogP contribution in [0.4, 0.5) is 32.0 Å². The van der Waals surface area contributed by atoms with E-state index >= 15 is 0 Å². The number of nitrogens with two attached hydrogens (primary N) is 1. The summed E-state index contributed by atoms with van der Waals surface area (Å²) < 4.78 is 74.0. The number of nitro benzene ring substituents is 1. The molecule has 0 aliphatic carbocycles. The molecule has 19 heavy (non-hydrogen) atoms. The fourth-order valence-electron chi connectivity index (χ4n) is 1.32. The molecule has 1 aromatic carbocycles. The molecule has 0 bridgehead atoms. The Bertz CT molecular complexity index is 496. The van der Waals surface area contributed by atoms with Crippen LogP contribution in [0.25, 0.3) is 0 Å². The van der Waals surface area contributed by atoms with Crippen LogP contribution in [-0.2, 0) is 6.18 Å². The van der Waals surface area contributed by atoms with E-state index in [0.29, 0.717) is 12.1 Å². The quantitative estimate of drug-likeness (QED) is 0.516. The third-order valence-electron chi connectivity index (χ3n) is 2.24. The highest BCUT2D eigenvalue weighted by Gasteiger charge is 2.42. The number of nitrogens with zero attached hydrogens (tertiary/aromatic N) is 1. The van der Waals surface area contributed by atoms with Gasteiger partial charge in [-0.05, 0) is 12.1 Å². The van der Waals surface area contributed by atoms with Crippen molar-refractivity contribution in [2.24, 2.45) is 5.73 Å². The monoisotopic (exact) mass is 288 g/mol. The lowest BCUT2D eigenvalue weighted by atomic mass is 10.0. The molecule has 0 radical (unpaired) electrons. The Labute approximate surface area is 102 Å². The van der Waals surface area contributed by atoms with Gasteiger partial charge in [-0.3, -0.25) is 10.1 Å². The lowest BCUT2D eigenvalue weighted by molar-refractivity contribution is -0.386. The molecule has 0 aromatic heterocycles. The number of rotatable bonds is 2. The molecule has 0 saturated heterocycles. The van der Waals surface area contributed by atoms with E-state index in [1.54, 1.807) is 0 Å². The van der Waals surface area contributed by atoms with E-state index in [0.717, 1.165) is 0 Å². The first kappa shape index (κ1) is 15.2. The molecule has 0 aliphatic heterocycles. The van der Waals surface area contributed by atoms with E-state index in [-0.39, 0.29) is 6.07 Å². The largest absolute Gasteiger partial charge is 0.416 e. The normalized spacial score (nSPS) is 14.3. The van der Waals surface area contributed by atoms with Crippen LogP contribution in [-0.4, -0.2) is 11.1 Å². The lowest BCUT2D eigenvalue weighted by Crippen LogP contribution is -2.29. The van der Waals surface area contributed by atoms with Crippen molar-refractivity contribution < 1.29 is 31.3 Å². The third kappa shape index (κ3) is 3.34. The molecule has 106 valence electrons. The van der Waals surface area contributed by atoms with Gasteiger partial charge in [-0.2, -0.15) is 26.3 Å². The Hall–Kier alpha value is -1.84. The lowest BCUT2D eigenvalue weighted by Gasteiger charge is -2.16. The van der Waals surface area contributed by atoms with E-state index in [9.17, 15) is 36.5 Å². The summed E-state index contributed by atoms with van der Waals surface area (Å²) in [6, 6.07) is -2.02. The third-order valence-corrected chi connectivity index (χ3v) is 2.24. The molecule has 0 heterocycles. The van der Waals surface area contributed by atoms with Crippen LogP contribution in [0.3, 0.4) is 0 Å². The van der Waals surface area contributed by atoms with Crippen molar-refractivity contribution in [2.45, 2.75) is 18.4 Å². The van der Waals surface area contributed by atoms with Crippen molar-refractivity contribution in [3.63, 3.8) is 0 Å². The highest BCUT2D eigenvalue weighted by atomic mass is 19.4. The molecule has 0 saturated carbocycles. The van der Waals surface area contributed by atoms with Gasteiger partial charge in [0.2, 0.25) is 0 Å². The number of benzene rings is 1. The SMILES string of the molecule is NC(c1ccc(C(F)(F)F)cc1[N+](=O)[O-])C(F)(F)F. The molecule has 4 nitrogen and oxygen atoms in total. The molecular weight excluding hydrogens is 282 g/mol. The van der Waals surface area contributed by atoms with Crippen LogP contribution in [0.1, 0.15) is 17.2 Å². The zero-order valence-electron chi connectivity index (χ0n) is 8.92. The fourth-order valence-corrected chi connectivity index (χ4v) is 1.32. The van der Waals surface area contributed by atoms with E-state index in [1.165, 1.54) is 0 Å². The molecule has 0 amide bonds. The van der Waals surface area contributed by atoms with Crippen molar-refractivity contribution in [2.75, 3.05) is 0 Å². The summed E-state index contributed by atoms with van der Waals surface area (Å²) in [4.78, 5) is 9.21. The number of halogens is 6. The minimum absolute atomic E-state index is 0.0287. The van der Waals surface area contributed by atoms with E-state index in [1.807, 2.05) is 0 Å². The highest BCUT2D eigenvalue weighted by molar-refractivity contribution is 5.46. The average molecular weight is 288 g/mol. The predicted molar refractivity (Wildman–Crippen MR) is 51.1 cm³/mol. The van der Waals surface area contributed by atoms with Gasteiger partial charge in [0.15, 0.2) is 0 Å². The van der Waals surface area contributed by atoms with Gasteiger partial charge in [-0.15, -0.1) is 0 Å². The van der Waals surface area contributed by atoms with Crippen molar-refractivity contribution >= 4 is 5.69 Å². The van der Waals surface area contributed by atoms with Gasteiger partial charge in [-0.25, -0.2) is 0 Å². The molecule has 1 rings (SSSR count). The van der Waals surface area contributed by atoms with Gasteiger partial charge in [0.25, 0.3) is 5.69 Å². The van der Waals surface area contributed by atoms with E-state index in [2.05, 4.69) is 0 Å². The van der Waals surface area contributed by atoms with Gasteiger partial charge >= 0.3 is 12.4 Å². The molecule has 0 aliphatic rings. The second kappa shape index (κ2) is 4.68. The topological polar surface area (TPSA) is 69.2 Å². The number of hydrogen-bond donors (Lipinski definition) is 1. The van der Waals surface area contributed by atoms with Crippen molar-refractivity contribution in [1.29, 1.82) is 0 Å². The Morgan fingerprint density at radius 2 is 1.68 bits per heavy atom. The average Bonchev–Trinajstić information content (AvgIpc) is 2.24.